The Morgan fingerprint density at radius 1 is 1.12 bits per heavy atom. The van der Waals surface area contributed by atoms with E-state index in [-0.39, 0.29) is 28.6 Å². The molecule has 0 spiro atoms. The van der Waals surface area contributed by atoms with E-state index in [9.17, 15) is 18.0 Å². The third-order valence-corrected chi connectivity index (χ3v) is 6.20. The summed E-state index contributed by atoms with van der Waals surface area (Å²) >= 11 is -0.113. The van der Waals surface area contributed by atoms with Gasteiger partial charge < -0.3 is 10.2 Å². The maximum absolute atomic E-state index is 12.8. The number of benzene rings is 2. The predicted molar refractivity (Wildman–Crippen MR) is 124 cm³/mol. The van der Waals surface area contributed by atoms with Crippen LogP contribution in [-0.4, -0.2) is 40.6 Å². The lowest BCUT2D eigenvalue weighted by Gasteiger charge is -2.22. The number of hydrogen-bond acceptors (Lipinski definition) is 5. The number of aromatic nitrogens is 1. The van der Waals surface area contributed by atoms with E-state index in [2.05, 4.69) is 27.0 Å². The number of rotatable bonds is 6. The van der Waals surface area contributed by atoms with Crippen LogP contribution in [0, 0.1) is 0 Å². The summed E-state index contributed by atoms with van der Waals surface area (Å²) in [6, 6.07) is 17.7. The van der Waals surface area contributed by atoms with Gasteiger partial charge in [0, 0.05) is 47.8 Å². The second kappa shape index (κ2) is 9.84. The van der Waals surface area contributed by atoms with Crippen molar-refractivity contribution in [2.24, 2.45) is 0 Å². The molecule has 0 aliphatic carbocycles. The van der Waals surface area contributed by atoms with Crippen molar-refractivity contribution in [3.8, 4) is 0 Å². The van der Waals surface area contributed by atoms with Gasteiger partial charge in [-0.2, -0.15) is 13.2 Å². The topological polar surface area (TPSA) is 48.5 Å². The van der Waals surface area contributed by atoms with Gasteiger partial charge in [-0.25, -0.2) is 0 Å². The maximum atomic E-state index is 12.8. The number of nitrogens with one attached hydrogen (secondary N) is 1. The third kappa shape index (κ3) is 6.06. The molecule has 0 radical (unpaired) electrons. The van der Waals surface area contributed by atoms with Crippen LogP contribution in [0.4, 0.5) is 24.5 Å². The molecule has 1 fully saturated rings. The summed E-state index contributed by atoms with van der Waals surface area (Å²) in [5.74, 6) is -0.217. The number of alkyl halides is 3. The first kappa shape index (κ1) is 23.1. The van der Waals surface area contributed by atoms with Gasteiger partial charge in [0.15, 0.2) is 0 Å². The molecular formula is C24H23F3N4OS. The van der Waals surface area contributed by atoms with Crippen LogP contribution in [0.25, 0.3) is 0 Å². The Bertz CT molecular complexity index is 1090. The van der Waals surface area contributed by atoms with Gasteiger partial charge in [-0.3, -0.25) is 14.7 Å². The molecule has 9 heteroatoms. The number of carbonyl (C=O) groups excluding carboxylic acids is 1. The van der Waals surface area contributed by atoms with Crippen LogP contribution in [-0.2, 0) is 6.54 Å². The minimum Gasteiger partial charge on any atom is -0.357 e. The van der Waals surface area contributed by atoms with Gasteiger partial charge in [-0.05, 0) is 66.7 Å². The highest BCUT2D eigenvalue weighted by Crippen LogP contribution is 2.37. The fourth-order valence-electron chi connectivity index (χ4n) is 3.81. The number of anilines is 2. The van der Waals surface area contributed by atoms with Crippen LogP contribution < -0.4 is 10.2 Å². The van der Waals surface area contributed by atoms with E-state index in [0.717, 1.165) is 17.8 Å². The molecule has 1 aliphatic rings. The second-order valence-corrected chi connectivity index (χ2v) is 8.99. The van der Waals surface area contributed by atoms with Crippen LogP contribution >= 0.6 is 11.8 Å². The number of carbonyl (C=O) groups is 1. The summed E-state index contributed by atoms with van der Waals surface area (Å²) < 4.78 is 37.7. The summed E-state index contributed by atoms with van der Waals surface area (Å²) in [4.78, 5) is 21.5. The SMILES string of the molecule is CC1CN(c2ccc(SC(F)(F)F)cc2)CN1Cc1ccncc1C(=O)Nc1ccccc1. The summed E-state index contributed by atoms with van der Waals surface area (Å²) in [7, 11) is 0. The first-order chi connectivity index (χ1) is 15.8. The Morgan fingerprint density at radius 3 is 2.55 bits per heavy atom. The Hall–Kier alpha value is -3.04. The van der Waals surface area contributed by atoms with E-state index in [4.69, 9.17) is 0 Å². The maximum Gasteiger partial charge on any atom is 0.446 e. The molecule has 1 aromatic heterocycles. The molecule has 3 aromatic rings. The molecule has 172 valence electrons. The molecule has 1 aliphatic heterocycles. The summed E-state index contributed by atoms with van der Waals surface area (Å²) in [6.45, 7) is 4.00. The van der Waals surface area contributed by atoms with Crippen molar-refractivity contribution in [1.29, 1.82) is 0 Å². The standard InChI is InChI=1S/C24H23F3N4OS/c1-17-14-31(20-7-9-21(10-8-20)33-24(25,26)27)16-30(17)15-18-11-12-28-13-22(18)23(32)29-19-5-3-2-4-6-19/h2-13,17H,14-16H2,1H3,(H,29,32). The molecular weight excluding hydrogens is 449 g/mol. The van der Waals surface area contributed by atoms with E-state index in [1.165, 1.54) is 12.1 Å². The first-order valence-electron chi connectivity index (χ1n) is 10.4. The van der Waals surface area contributed by atoms with Crippen molar-refractivity contribution in [3.63, 3.8) is 0 Å². The average Bonchev–Trinajstić information content (AvgIpc) is 3.14. The molecule has 2 heterocycles. The average molecular weight is 473 g/mol. The lowest BCUT2D eigenvalue weighted by atomic mass is 10.1. The third-order valence-electron chi connectivity index (χ3n) is 5.46. The molecule has 1 N–H and O–H groups in total. The van der Waals surface area contributed by atoms with Crippen molar-refractivity contribution in [3.05, 3.63) is 84.2 Å². The number of pyridine rings is 1. The van der Waals surface area contributed by atoms with Crippen LogP contribution in [0.15, 0.2) is 78.0 Å². The first-order valence-corrected chi connectivity index (χ1v) is 11.2. The molecule has 1 saturated heterocycles. The highest BCUT2D eigenvalue weighted by atomic mass is 32.2. The lowest BCUT2D eigenvalue weighted by Crippen LogP contribution is -2.29. The Kier molecular flexibility index (Phi) is 6.90. The monoisotopic (exact) mass is 472 g/mol. The summed E-state index contributed by atoms with van der Waals surface area (Å²) in [6.07, 6.45) is 3.24. The molecule has 1 unspecified atom stereocenters. The minimum atomic E-state index is -4.30. The van der Waals surface area contributed by atoms with Gasteiger partial charge in [0.05, 0.1) is 12.2 Å². The summed E-state index contributed by atoms with van der Waals surface area (Å²) in [5.41, 5.74) is -1.34. The van der Waals surface area contributed by atoms with Gasteiger partial charge in [0.25, 0.3) is 5.91 Å². The van der Waals surface area contributed by atoms with E-state index in [1.54, 1.807) is 24.5 Å². The van der Waals surface area contributed by atoms with Gasteiger partial charge >= 0.3 is 5.51 Å². The number of para-hydroxylation sites is 1. The van der Waals surface area contributed by atoms with Crippen LogP contribution in [0.3, 0.4) is 0 Å². The normalized spacial score (nSPS) is 16.7. The van der Waals surface area contributed by atoms with Crippen molar-refractivity contribution in [2.75, 3.05) is 23.4 Å². The molecule has 2 aromatic carbocycles. The van der Waals surface area contributed by atoms with Crippen LogP contribution in [0.2, 0.25) is 0 Å². The molecule has 0 bridgehead atoms. The van der Waals surface area contributed by atoms with Crippen molar-refractivity contribution >= 4 is 29.0 Å². The molecule has 1 atom stereocenters. The fourth-order valence-corrected chi connectivity index (χ4v) is 4.35. The van der Waals surface area contributed by atoms with E-state index < -0.39 is 5.51 Å². The smallest absolute Gasteiger partial charge is 0.357 e. The van der Waals surface area contributed by atoms with Crippen LogP contribution in [0.5, 0.6) is 0 Å². The van der Waals surface area contributed by atoms with Gasteiger partial charge in [0.2, 0.25) is 0 Å². The number of thioether (sulfide) groups is 1. The van der Waals surface area contributed by atoms with Crippen molar-refractivity contribution < 1.29 is 18.0 Å². The highest BCUT2D eigenvalue weighted by molar-refractivity contribution is 8.00. The van der Waals surface area contributed by atoms with Gasteiger partial charge in [0.1, 0.15) is 0 Å². The number of amides is 1. The Labute approximate surface area is 194 Å². The van der Waals surface area contributed by atoms with Crippen molar-refractivity contribution in [1.82, 2.24) is 9.88 Å². The highest BCUT2D eigenvalue weighted by Gasteiger charge is 2.30. The Balaban J connectivity index is 1.43. The van der Waals surface area contributed by atoms with E-state index in [1.807, 2.05) is 36.4 Å². The van der Waals surface area contributed by atoms with Gasteiger partial charge in [-0.15, -0.1) is 0 Å². The molecule has 5 nitrogen and oxygen atoms in total. The Morgan fingerprint density at radius 2 is 1.85 bits per heavy atom. The number of halogens is 3. The molecule has 1 amide bonds. The fraction of sp³-hybridized carbons (Fsp3) is 0.250. The zero-order valence-corrected chi connectivity index (χ0v) is 18.7. The number of nitrogens with zero attached hydrogens (tertiary/aromatic N) is 3. The van der Waals surface area contributed by atoms with Crippen molar-refractivity contribution in [2.45, 2.75) is 29.9 Å². The summed E-state index contributed by atoms with van der Waals surface area (Å²) in [5, 5.41) is 2.90. The van der Waals surface area contributed by atoms with E-state index in [0.29, 0.717) is 24.5 Å². The van der Waals surface area contributed by atoms with Crippen LogP contribution in [0.1, 0.15) is 22.8 Å². The molecule has 4 rings (SSSR count). The zero-order chi connectivity index (χ0) is 23.4. The van der Waals surface area contributed by atoms with Gasteiger partial charge in [-0.1, -0.05) is 18.2 Å². The zero-order valence-electron chi connectivity index (χ0n) is 17.9. The molecule has 33 heavy (non-hydrogen) atoms. The minimum absolute atomic E-state index is 0.113. The number of hydrogen-bond donors (Lipinski definition) is 1. The molecule has 0 saturated carbocycles. The largest absolute Gasteiger partial charge is 0.446 e. The van der Waals surface area contributed by atoms with E-state index >= 15 is 0 Å². The quantitative estimate of drug-likeness (QED) is 0.473. The second-order valence-electron chi connectivity index (χ2n) is 7.85. The predicted octanol–water partition coefficient (Wildman–Crippen LogP) is 5.61. The lowest BCUT2D eigenvalue weighted by molar-refractivity contribution is -0.0328.